The Bertz CT molecular complexity index is 1150. The second-order valence-corrected chi connectivity index (χ2v) is 12.4. The van der Waals surface area contributed by atoms with Crippen LogP contribution in [0.4, 0.5) is 0 Å². The van der Waals surface area contributed by atoms with Crippen molar-refractivity contribution in [3.8, 4) is 5.75 Å². The van der Waals surface area contributed by atoms with Gasteiger partial charge in [-0.2, -0.15) is 0 Å². The number of benzene rings is 2. The number of carbonyl (C=O) groups is 1. The third kappa shape index (κ3) is 3.55. The topological polar surface area (TPSA) is 43.8 Å². The minimum atomic E-state index is 0. The highest BCUT2D eigenvalue weighted by Crippen LogP contribution is 2.70. The summed E-state index contributed by atoms with van der Waals surface area (Å²) < 4.78 is 0. The Balaban J connectivity index is 0.00000240. The zero-order valence-electron chi connectivity index (χ0n) is 21.4. The molecule has 7 rings (SSSR count). The highest BCUT2D eigenvalue weighted by atomic mass is 35.5. The van der Waals surface area contributed by atoms with Crippen molar-refractivity contribution >= 4 is 18.3 Å². The fraction of sp³-hybridized carbons (Fsp3) is 0.581. The van der Waals surface area contributed by atoms with Crippen LogP contribution in [-0.2, 0) is 23.1 Å². The van der Waals surface area contributed by atoms with Crippen molar-refractivity contribution in [1.82, 2.24) is 9.80 Å². The highest BCUT2D eigenvalue weighted by Gasteiger charge is 2.69. The molecule has 5 heteroatoms. The molecule has 4 fully saturated rings. The molecule has 4 nitrogen and oxygen atoms in total. The fourth-order valence-corrected chi connectivity index (χ4v) is 9.06. The Morgan fingerprint density at radius 1 is 1.08 bits per heavy atom. The van der Waals surface area contributed by atoms with Gasteiger partial charge in [0, 0.05) is 36.5 Å². The average Bonchev–Trinajstić information content (AvgIpc) is 3.64. The van der Waals surface area contributed by atoms with Gasteiger partial charge in [0.1, 0.15) is 5.75 Å². The summed E-state index contributed by atoms with van der Waals surface area (Å²) in [6.45, 7) is 2.45. The van der Waals surface area contributed by atoms with Crippen molar-refractivity contribution in [2.75, 3.05) is 20.1 Å². The van der Waals surface area contributed by atoms with Crippen LogP contribution in [0.2, 0.25) is 0 Å². The number of aromatic hydroxyl groups is 1. The molecule has 1 saturated heterocycles. The first-order chi connectivity index (χ1) is 17.0. The van der Waals surface area contributed by atoms with E-state index in [1.54, 1.807) is 0 Å². The van der Waals surface area contributed by atoms with Gasteiger partial charge in [0.15, 0.2) is 0 Å². The summed E-state index contributed by atoms with van der Waals surface area (Å²) in [5.74, 6) is 2.14. The number of likely N-dealkylation sites (N-methyl/N-ethyl adjacent to an activating group) is 1. The van der Waals surface area contributed by atoms with E-state index in [9.17, 15) is 9.90 Å². The summed E-state index contributed by atoms with van der Waals surface area (Å²) in [6.07, 6.45) is 10.4. The van der Waals surface area contributed by atoms with Crippen LogP contribution in [-0.4, -0.2) is 53.0 Å². The summed E-state index contributed by atoms with van der Waals surface area (Å²) in [4.78, 5) is 18.5. The molecule has 2 bridgehead atoms. The van der Waals surface area contributed by atoms with E-state index in [2.05, 4.69) is 41.1 Å². The van der Waals surface area contributed by atoms with Crippen molar-refractivity contribution in [2.45, 2.75) is 75.3 Å². The van der Waals surface area contributed by atoms with E-state index >= 15 is 0 Å². The lowest BCUT2D eigenvalue weighted by Crippen LogP contribution is -2.70. The van der Waals surface area contributed by atoms with E-state index in [0.29, 0.717) is 24.1 Å². The van der Waals surface area contributed by atoms with E-state index in [-0.39, 0.29) is 35.2 Å². The lowest BCUT2D eigenvalue weighted by Gasteiger charge is -2.67. The Kier molecular flexibility index (Phi) is 5.92. The molecule has 3 saturated carbocycles. The SMILES string of the molecule is CN(C(=O)Cc1ccccc1)[C@@H]1C[C@@]23CCN(CC4CC4)[C@H]4CC[C@@H]1C[C@]42Cc1ccc(O)cc13.Cl. The predicted molar refractivity (Wildman–Crippen MR) is 145 cm³/mol. The maximum atomic E-state index is 13.5. The number of phenolic OH excluding ortho intramolecular Hbond substituents is 1. The summed E-state index contributed by atoms with van der Waals surface area (Å²) in [5, 5.41) is 10.5. The number of amides is 1. The van der Waals surface area contributed by atoms with E-state index in [4.69, 9.17) is 0 Å². The zero-order valence-corrected chi connectivity index (χ0v) is 22.2. The minimum Gasteiger partial charge on any atom is -0.508 e. The molecular formula is C31H39ClN2O2. The van der Waals surface area contributed by atoms with Crippen molar-refractivity contribution in [1.29, 1.82) is 0 Å². The fourth-order valence-electron chi connectivity index (χ4n) is 9.06. The van der Waals surface area contributed by atoms with Crippen molar-refractivity contribution in [2.24, 2.45) is 17.3 Å². The van der Waals surface area contributed by atoms with E-state index < -0.39 is 0 Å². The van der Waals surface area contributed by atoms with Gasteiger partial charge in [-0.1, -0.05) is 36.4 Å². The number of fused-ring (bicyclic) bond motifs is 2. The Labute approximate surface area is 221 Å². The molecule has 192 valence electrons. The number of rotatable bonds is 5. The Morgan fingerprint density at radius 3 is 2.67 bits per heavy atom. The highest BCUT2D eigenvalue weighted by molar-refractivity contribution is 5.85. The normalized spacial score (nSPS) is 34.3. The smallest absolute Gasteiger partial charge is 0.226 e. The molecule has 1 heterocycles. The van der Waals surface area contributed by atoms with Crippen LogP contribution in [0, 0.1) is 17.3 Å². The molecule has 0 radical (unpaired) electrons. The van der Waals surface area contributed by atoms with Gasteiger partial charge in [-0.05, 0) is 98.6 Å². The summed E-state index contributed by atoms with van der Waals surface area (Å²) >= 11 is 0. The van der Waals surface area contributed by atoms with E-state index in [0.717, 1.165) is 37.3 Å². The molecule has 1 amide bonds. The first-order valence-electron chi connectivity index (χ1n) is 13.9. The van der Waals surface area contributed by atoms with Crippen LogP contribution in [0.5, 0.6) is 5.75 Å². The minimum absolute atomic E-state index is 0. The largest absolute Gasteiger partial charge is 0.508 e. The molecule has 5 aliphatic rings. The number of carbonyl (C=O) groups excluding carboxylic acids is 1. The molecule has 5 atom stereocenters. The van der Waals surface area contributed by atoms with Crippen LogP contribution in [0.15, 0.2) is 48.5 Å². The number of hydrogen-bond acceptors (Lipinski definition) is 3. The van der Waals surface area contributed by atoms with Crippen molar-refractivity contribution in [3.05, 3.63) is 65.2 Å². The zero-order chi connectivity index (χ0) is 23.8. The van der Waals surface area contributed by atoms with Gasteiger partial charge in [-0.25, -0.2) is 0 Å². The third-order valence-electron chi connectivity index (χ3n) is 10.8. The number of halogens is 1. The first-order valence-corrected chi connectivity index (χ1v) is 13.9. The van der Waals surface area contributed by atoms with Gasteiger partial charge in [0.2, 0.25) is 5.91 Å². The molecule has 0 aromatic heterocycles. The second-order valence-electron chi connectivity index (χ2n) is 12.4. The molecule has 1 aliphatic heterocycles. The molecule has 1 N–H and O–H groups in total. The molecule has 2 aromatic rings. The molecule has 0 unspecified atom stereocenters. The number of nitrogens with zero attached hydrogens (tertiary/aromatic N) is 2. The lowest BCUT2D eigenvalue weighted by atomic mass is 9.44. The van der Waals surface area contributed by atoms with Gasteiger partial charge < -0.3 is 10.0 Å². The van der Waals surface area contributed by atoms with Gasteiger partial charge >= 0.3 is 0 Å². The second kappa shape index (κ2) is 8.77. The van der Waals surface area contributed by atoms with Crippen LogP contribution in [0.3, 0.4) is 0 Å². The van der Waals surface area contributed by atoms with Gasteiger partial charge in [0.05, 0.1) is 6.42 Å². The standard InChI is InChI=1S/C31H38N2O2.ClH/c1-32(29(35)15-21-5-3-2-4-6-21)27-19-30-13-14-33(20-22-7-8-22)28-12-10-24(27)18-31(28,30)17-23-9-11-25(34)16-26(23)30;/h2-6,9,11,16,22,24,27-28,34H,7-8,10,12-15,17-20H2,1H3;1H/t24-,27-,28+,30-,31-;/m1./s1. The van der Waals surface area contributed by atoms with E-state index in [1.807, 2.05) is 24.3 Å². The summed E-state index contributed by atoms with van der Waals surface area (Å²) in [7, 11) is 2.06. The third-order valence-corrected chi connectivity index (χ3v) is 10.8. The van der Waals surface area contributed by atoms with Crippen LogP contribution in [0.1, 0.15) is 61.6 Å². The first kappa shape index (κ1) is 24.3. The maximum absolute atomic E-state index is 13.5. The molecule has 1 spiro atoms. The monoisotopic (exact) mass is 506 g/mol. The molecular weight excluding hydrogens is 468 g/mol. The Morgan fingerprint density at radius 2 is 1.89 bits per heavy atom. The predicted octanol–water partition coefficient (Wildman–Crippen LogP) is 5.35. The summed E-state index contributed by atoms with van der Waals surface area (Å²) in [5.41, 5.74) is 4.30. The average molecular weight is 507 g/mol. The van der Waals surface area contributed by atoms with Crippen LogP contribution in [0.25, 0.3) is 0 Å². The molecule has 36 heavy (non-hydrogen) atoms. The lowest BCUT2D eigenvalue weighted by molar-refractivity contribution is -0.154. The maximum Gasteiger partial charge on any atom is 0.226 e. The van der Waals surface area contributed by atoms with Gasteiger partial charge in [-0.15, -0.1) is 12.4 Å². The Hall–Kier alpha value is -2.04. The molecule has 4 aliphatic carbocycles. The van der Waals surface area contributed by atoms with Crippen molar-refractivity contribution in [3.63, 3.8) is 0 Å². The van der Waals surface area contributed by atoms with Crippen LogP contribution >= 0.6 is 12.4 Å². The molecule has 2 aromatic carbocycles. The number of likely N-dealkylation sites (tertiary alicyclic amines) is 1. The van der Waals surface area contributed by atoms with E-state index in [1.165, 1.54) is 49.8 Å². The number of piperidine rings is 1. The van der Waals surface area contributed by atoms with Crippen molar-refractivity contribution < 1.29 is 9.90 Å². The quantitative estimate of drug-likeness (QED) is 0.594. The van der Waals surface area contributed by atoms with Crippen LogP contribution < -0.4 is 0 Å². The number of phenols is 1. The number of hydrogen-bond donors (Lipinski definition) is 1. The van der Waals surface area contributed by atoms with Gasteiger partial charge in [-0.3, -0.25) is 9.69 Å². The summed E-state index contributed by atoms with van der Waals surface area (Å²) in [6, 6.07) is 17.3. The van der Waals surface area contributed by atoms with Gasteiger partial charge in [0.25, 0.3) is 0 Å².